The monoisotopic (exact) mass is 374 g/mol. The summed E-state index contributed by atoms with van der Waals surface area (Å²) in [5, 5.41) is 7.45. The van der Waals surface area contributed by atoms with Crippen molar-refractivity contribution in [2.75, 3.05) is 20.6 Å². The van der Waals surface area contributed by atoms with Gasteiger partial charge >= 0.3 is 0 Å². The van der Waals surface area contributed by atoms with Crippen LogP contribution >= 0.6 is 0 Å². The van der Waals surface area contributed by atoms with Crippen molar-refractivity contribution in [3.8, 4) is 5.75 Å². The summed E-state index contributed by atoms with van der Waals surface area (Å²) in [7, 11) is 4.13. The zero-order valence-corrected chi connectivity index (χ0v) is 15.9. The van der Waals surface area contributed by atoms with Gasteiger partial charge in [-0.3, -0.25) is 4.79 Å². The Morgan fingerprint density at radius 3 is 2.74 bits per heavy atom. The summed E-state index contributed by atoms with van der Waals surface area (Å²) in [4.78, 5) is 14.8. The Morgan fingerprint density at radius 1 is 1.26 bits per heavy atom. The van der Waals surface area contributed by atoms with E-state index >= 15 is 0 Å². The van der Waals surface area contributed by atoms with E-state index in [0.29, 0.717) is 17.4 Å². The second-order valence-corrected chi connectivity index (χ2v) is 7.35. The fourth-order valence-electron chi connectivity index (χ4n) is 3.55. The van der Waals surface area contributed by atoms with E-state index < -0.39 is 0 Å². The van der Waals surface area contributed by atoms with Gasteiger partial charge in [0, 0.05) is 18.8 Å². The Hall–Kier alpha value is -2.41. The smallest absolute Gasteiger partial charge is 0.272 e. The molecule has 2 unspecified atom stereocenters. The standard InChI is InChI=1S/C20H27FN4O2/c1-24(2)13-15-5-3-4-6-18(15)22-20(26)19-11-12-25(23-19)14-27-17-9-7-16(21)8-10-17/h7-12,15,18H,3-6,13-14H2,1-2H3,(H,22,26). The first-order chi connectivity index (χ1) is 13.0. The highest BCUT2D eigenvalue weighted by atomic mass is 19.1. The van der Waals surface area contributed by atoms with Gasteiger partial charge in [-0.1, -0.05) is 12.8 Å². The molecular weight excluding hydrogens is 347 g/mol. The van der Waals surface area contributed by atoms with Crippen LogP contribution in [0.3, 0.4) is 0 Å². The normalized spacial score (nSPS) is 19.9. The van der Waals surface area contributed by atoms with E-state index in [-0.39, 0.29) is 24.5 Å². The lowest BCUT2D eigenvalue weighted by atomic mass is 9.84. The summed E-state index contributed by atoms with van der Waals surface area (Å²) in [6, 6.07) is 7.67. The van der Waals surface area contributed by atoms with Crippen molar-refractivity contribution >= 4 is 5.91 Å². The number of carbonyl (C=O) groups is 1. The number of amides is 1. The highest BCUT2D eigenvalue weighted by Crippen LogP contribution is 2.25. The summed E-state index contributed by atoms with van der Waals surface area (Å²) in [6.45, 7) is 1.14. The molecule has 6 nitrogen and oxygen atoms in total. The van der Waals surface area contributed by atoms with Crippen molar-refractivity contribution < 1.29 is 13.9 Å². The van der Waals surface area contributed by atoms with Crippen molar-refractivity contribution in [1.82, 2.24) is 20.0 Å². The molecule has 1 saturated carbocycles. The molecule has 2 atom stereocenters. The van der Waals surface area contributed by atoms with E-state index in [0.717, 1.165) is 25.8 Å². The van der Waals surface area contributed by atoms with E-state index in [2.05, 4.69) is 29.4 Å². The molecule has 2 aromatic rings. The number of rotatable bonds is 7. The minimum absolute atomic E-state index is 0.147. The maximum atomic E-state index is 12.9. The molecule has 3 rings (SSSR count). The summed E-state index contributed by atoms with van der Waals surface area (Å²) < 4.78 is 20.0. The molecule has 1 aliphatic rings. The van der Waals surface area contributed by atoms with E-state index in [9.17, 15) is 9.18 Å². The van der Waals surface area contributed by atoms with Crippen LogP contribution in [0, 0.1) is 11.7 Å². The number of benzene rings is 1. The molecule has 1 aromatic heterocycles. The predicted octanol–water partition coefficient (Wildman–Crippen LogP) is 2.91. The molecule has 0 spiro atoms. The first-order valence-electron chi connectivity index (χ1n) is 9.38. The zero-order valence-electron chi connectivity index (χ0n) is 15.9. The highest BCUT2D eigenvalue weighted by Gasteiger charge is 2.27. The number of aromatic nitrogens is 2. The summed E-state index contributed by atoms with van der Waals surface area (Å²) >= 11 is 0. The largest absolute Gasteiger partial charge is 0.471 e. The quantitative estimate of drug-likeness (QED) is 0.810. The Kier molecular flexibility index (Phi) is 6.45. The van der Waals surface area contributed by atoms with Crippen molar-refractivity contribution in [1.29, 1.82) is 0 Å². The number of nitrogens with one attached hydrogen (secondary N) is 1. The van der Waals surface area contributed by atoms with E-state index in [1.54, 1.807) is 29.1 Å². The summed E-state index contributed by atoms with van der Waals surface area (Å²) in [6.07, 6.45) is 6.23. The summed E-state index contributed by atoms with van der Waals surface area (Å²) in [5.74, 6) is 0.565. The lowest BCUT2D eigenvalue weighted by molar-refractivity contribution is 0.0888. The topological polar surface area (TPSA) is 59.4 Å². The number of carbonyl (C=O) groups excluding carboxylic acids is 1. The van der Waals surface area contributed by atoms with Crippen LogP contribution in [0.5, 0.6) is 5.75 Å². The van der Waals surface area contributed by atoms with Gasteiger partial charge in [0.05, 0.1) is 0 Å². The fourth-order valence-corrected chi connectivity index (χ4v) is 3.55. The molecule has 1 amide bonds. The third kappa shape index (κ3) is 5.53. The van der Waals surface area contributed by atoms with Gasteiger partial charge in [-0.2, -0.15) is 5.10 Å². The Labute approximate surface area is 159 Å². The number of halogens is 1. The Balaban J connectivity index is 1.55. The molecule has 1 N–H and O–H groups in total. The van der Waals surface area contributed by atoms with Crippen LogP contribution in [0.2, 0.25) is 0 Å². The van der Waals surface area contributed by atoms with Gasteiger partial charge in [-0.25, -0.2) is 9.07 Å². The average Bonchev–Trinajstić information content (AvgIpc) is 3.12. The fraction of sp³-hybridized carbons (Fsp3) is 0.500. The van der Waals surface area contributed by atoms with E-state index in [4.69, 9.17) is 4.74 Å². The third-order valence-corrected chi connectivity index (χ3v) is 4.88. The molecule has 1 aliphatic carbocycles. The Morgan fingerprint density at radius 2 is 2.00 bits per heavy atom. The molecule has 7 heteroatoms. The van der Waals surface area contributed by atoms with Gasteiger partial charge in [0.25, 0.3) is 5.91 Å². The second kappa shape index (κ2) is 8.99. The predicted molar refractivity (Wildman–Crippen MR) is 101 cm³/mol. The van der Waals surface area contributed by atoms with Crippen LogP contribution < -0.4 is 10.1 Å². The van der Waals surface area contributed by atoms with Crippen LogP contribution in [0.15, 0.2) is 36.5 Å². The molecule has 146 valence electrons. The van der Waals surface area contributed by atoms with Crippen molar-refractivity contribution in [3.05, 3.63) is 48.0 Å². The van der Waals surface area contributed by atoms with Crippen LogP contribution in [0.25, 0.3) is 0 Å². The number of ether oxygens (including phenoxy) is 1. The van der Waals surface area contributed by atoms with Crippen LogP contribution in [-0.4, -0.2) is 47.3 Å². The number of hydrogen-bond acceptors (Lipinski definition) is 4. The van der Waals surface area contributed by atoms with Gasteiger partial charge in [-0.15, -0.1) is 0 Å². The van der Waals surface area contributed by atoms with Gasteiger partial charge in [-0.05, 0) is 63.2 Å². The van der Waals surface area contributed by atoms with Crippen LogP contribution in [-0.2, 0) is 6.73 Å². The van der Waals surface area contributed by atoms with E-state index in [1.165, 1.54) is 18.6 Å². The first-order valence-corrected chi connectivity index (χ1v) is 9.38. The van der Waals surface area contributed by atoms with E-state index in [1.807, 2.05) is 0 Å². The van der Waals surface area contributed by atoms with Gasteiger partial charge in [0.15, 0.2) is 6.73 Å². The average molecular weight is 374 g/mol. The Bertz CT molecular complexity index is 745. The second-order valence-electron chi connectivity index (χ2n) is 7.35. The minimum atomic E-state index is -0.310. The number of nitrogens with zero attached hydrogens (tertiary/aromatic N) is 3. The third-order valence-electron chi connectivity index (χ3n) is 4.88. The number of hydrogen-bond donors (Lipinski definition) is 1. The molecule has 1 aromatic carbocycles. The molecule has 1 fully saturated rings. The molecule has 0 aliphatic heterocycles. The van der Waals surface area contributed by atoms with Gasteiger partial charge < -0.3 is 15.0 Å². The lowest BCUT2D eigenvalue weighted by Crippen LogP contribution is -2.45. The molecule has 0 bridgehead atoms. The minimum Gasteiger partial charge on any atom is -0.471 e. The maximum absolute atomic E-state index is 12.9. The maximum Gasteiger partial charge on any atom is 0.272 e. The molecular formula is C20H27FN4O2. The molecule has 0 saturated heterocycles. The van der Waals surface area contributed by atoms with Crippen molar-refractivity contribution in [2.45, 2.75) is 38.5 Å². The van der Waals surface area contributed by atoms with Gasteiger partial charge in [0.1, 0.15) is 17.3 Å². The zero-order chi connectivity index (χ0) is 19.2. The SMILES string of the molecule is CN(C)CC1CCCCC1NC(=O)c1ccn(COc2ccc(F)cc2)n1. The van der Waals surface area contributed by atoms with Crippen molar-refractivity contribution in [2.24, 2.45) is 5.92 Å². The lowest BCUT2D eigenvalue weighted by Gasteiger charge is -2.33. The van der Waals surface area contributed by atoms with Crippen molar-refractivity contribution in [3.63, 3.8) is 0 Å². The van der Waals surface area contributed by atoms with Crippen LogP contribution in [0.4, 0.5) is 4.39 Å². The highest BCUT2D eigenvalue weighted by molar-refractivity contribution is 5.92. The molecule has 27 heavy (non-hydrogen) atoms. The van der Waals surface area contributed by atoms with Gasteiger partial charge in [0.2, 0.25) is 0 Å². The van der Waals surface area contributed by atoms with Crippen LogP contribution in [0.1, 0.15) is 36.2 Å². The molecule has 1 heterocycles. The summed E-state index contributed by atoms with van der Waals surface area (Å²) in [5.41, 5.74) is 0.381. The first kappa shape index (κ1) is 19.4. The molecule has 0 radical (unpaired) electrons.